The molecule has 0 atom stereocenters. The third-order valence-corrected chi connectivity index (χ3v) is 4.91. The number of hydrogen-bond acceptors (Lipinski definition) is 1. The first-order valence-electron chi connectivity index (χ1n) is 8.11. The molecule has 0 bridgehead atoms. The quantitative estimate of drug-likeness (QED) is 0.871. The summed E-state index contributed by atoms with van der Waals surface area (Å²) >= 11 is 0. The number of fused-ring (bicyclic) bond motifs is 1. The van der Waals surface area contributed by atoms with E-state index >= 15 is 0 Å². The van der Waals surface area contributed by atoms with E-state index in [0.717, 1.165) is 28.9 Å². The van der Waals surface area contributed by atoms with E-state index in [1.165, 1.54) is 32.1 Å². The van der Waals surface area contributed by atoms with Crippen LogP contribution in [0.4, 0.5) is 0 Å². The molecule has 2 aromatic rings. The third kappa shape index (κ3) is 3.29. The number of nitrogens with one attached hydrogen (secondary N) is 2. The molecule has 21 heavy (non-hydrogen) atoms. The number of rotatable bonds is 4. The first kappa shape index (κ1) is 14.2. The summed E-state index contributed by atoms with van der Waals surface area (Å²) in [6.07, 6.45) is 8.37. The molecule has 1 aromatic heterocycles. The fraction of sp³-hybridized carbons (Fsp3) is 0.500. The highest BCUT2D eigenvalue weighted by Gasteiger charge is 2.20. The van der Waals surface area contributed by atoms with Gasteiger partial charge in [0.1, 0.15) is 0 Å². The fourth-order valence-electron chi connectivity index (χ4n) is 3.37. The summed E-state index contributed by atoms with van der Waals surface area (Å²) in [7, 11) is 0. The van der Waals surface area contributed by atoms with E-state index in [0.29, 0.717) is 5.92 Å². The maximum atomic E-state index is 12.2. The van der Waals surface area contributed by atoms with Crippen molar-refractivity contribution in [2.45, 2.75) is 39.0 Å². The number of hydrogen-bond donors (Lipinski definition) is 2. The lowest BCUT2D eigenvalue weighted by Crippen LogP contribution is -2.31. The van der Waals surface area contributed by atoms with Gasteiger partial charge in [0, 0.05) is 23.8 Å². The zero-order valence-electron chi connectivity index (χ0n) is 12.7. The van der Waals surface area contributed by atoms with Crippen LogP contribution >= 0.6 is 0 Å². The number of aromatic nitrogens is 1. The zero-order chi connectivity index (χ0) is 14.7. The monoisotopic (exact) mass is 284 g/mol. The number of carbonyl (C=O) groups excluding carboxylic acids is 1. The average molecular weight is 284 g/mol. The van der Waals surface area contributed by atoms with Crippen molar-refractivity contribution in [3.8, 4) is 0 Å². The SMILES string of the molecule is CCC1CCC(CNC(=O)c2ccc3cc[nH]c3c2)CC1. The fourth-order valence-corrected chi connectivity index (χ4v) is 3.37. The lowest BCUT2D eigenvalue weighted by atomic mass is 9.81. The van der Waals surface area contributed by atoms with Crippen LogP contribution in [0.15, 0.2) is 30.5 Å². The zero-order valence-corrected chi connectivity index (χ0v) is 12.7. The van der Waals surface area contributed by atoms with E-state index in [2.05, 4.69) is 17.2 Å². The molecule has 1 saturated carbocycles. The lowest BCUT2D eigenvalue weighted by molar-refractivity contribution is 0.0941. The van der Waals surface area contributed by atoms with Gasteiger partial charge in [-0.1, -0.05) is 32.3 Å². The second-order valence-electron chi connectivity index (χ2n) is 6.28. The molecule has 1 fully saturated rings. The Morgan fingerprint density at radius 3 is 2.71 bits per heavy atom. The van der Waals surface area contributed by atoms with Crippen molar-refractivity contribution >= 4 is 16.8 Å². The topological polar surface area (TPSA) is 44.9 Å². The van der Waals surface area contributed by atoms with Gasteiger partial charge in [-0.05, 0) is 48.3 Å². The van der Waals surface area contributed by atoms with Gasteiger partial charge in [-0.2, -0.15) is 0 Å². The highest BCUT2D eigenvalue weighted by atomic mass is 16.1. The van der Waals surface area contributed by atoms with Gasteiger partial charge in [0.2, 0.25) is 0 Å². The molecule has 2 N–H and O–H groups in total. The van der Waals surface area contributed by atoms with Crippen molar-refractivity contribution < 1.29 is 4.79 Å². The van der Waals surface area contributed by atoms with E-state index < -0.39 is 0 Å². The Morgan fingerprint density at radius 2 is 1.95 bits per heavy atom. The number of benzene rings is 1. The van der Waals surface area contributed by atoms with E-state index in [-0.39, 0.29) is 5.91 Å². The number of H-pyrrole nitrogens is 1. The Bertz CT molecular complexity index is 608. The average Bonchev–Trinajstić information content (AvgIpc) is 3.00. The highest BCUT2D eigenvalue weighted by Crippen LogP contribution is 2.30. The van der Waals surface area contributed by atoms with E-state index in [4.69, 9.17) is 0 Å². The summed E-state index contributed by atoms with van der Waals surface area (Å²) in [5.74, 6) is 1.61. The summed E-state index contributed by atoms with van der Waals surface area (Å²) in [6, 6.07) is 7.84. The molecule has 3 heteroatoms. The van der Waals surface area contributed by atoms with Crippen molar-refractivity contribution in [3.05, 3.63) is 36.0 Å². The molecule has 0 saturated heterocycles. The summed E-state index contributed by atoms with van der Waals surface area (Å²) < 4.78 is 0. The Labute approximate surface area is 126 Å². The standard InChI is InChI=1S/C18H24N2O/c1-2-13-3-5-14(6-4-13)12-20-18(21)16-8-7-15-9-10-19-17(15)11-16/h7-11,13-14,19H,2-6,12H2,1H3,(H,20,21). The predicted octanol–water partition coefficient (Wildman–Crippen LogP) is 4.11. The first-order chi connectivity index (χ1) is 10.3. The van der Waals surface area contributed by atoms with Gasteiger partial charge in [-0.3, -0.25) is 4.79 Å². The van der Waals surface area contributed by atoms with Crippen LogP contribution in [0.1, 0.15) is 49.4 Å². The lowest BCUT2D eigenvalue weighted by Gasteiger charge is -2.27. The van der Waals surface area contributed by atoms with Gasteiger partial charge in [-0.25, -0.2) is 0 Å². The molecule has 0 unspecified atom stereocenters. The Balaban J connectivity index is 1.54. The van der Waals surface area contributed by atoms with Crippen LogP contribution in [0.25, 0.3) is 10.9 Å². The summed E-state index contributed by atoms with van der Waals surface area (Å²) in [4.78, 5) is 15.4. The molecule has 1 amide bonds. The van der Waals surface area contributed by atoms with Crippen molar-refractivity contribution in [3.63, 3.8) is 0 Å². The molecule has 1 aliphatic rings. The Hall–Kier alpha value is -1.77. The predicted molar refractivity (Wildman–Crippen MR) is 86.4 cm³/mol. The molecular formula is C18H24N2O. The van der Waals surface area contributed by atoms with Gasteiger partial charge in [0.25, 0.3) is 5.91 Å². The Kier molecular flexibility index (Phi) is 4.28. The van der Waals surface area contributed by atoms with E-state index in [1.54, 1.807) is 0 Å². The van der Waals surface area contributed by atoms with Gasteiger partial charge in [0.15, 0.2) is 0 Å². The van der Waals surface area contributed by atoms with Gasteiger partial charge >= 0.3 is 0 Å². The second kappa shape index (κ2) is 6.33. The minimum Gasteiger partial charge on any atom is -0.361 e. The molecule has 1 aliphatic carbocycles. The van der Waals surface area contributed by atoms with Crippen LogP contribution in [-0.2, 0) is 0 Å². The normalized spacial score (nSPS) is 22.3. The molecule has 0 aliphatic heterocycles. The maximum absolute atomic E-state index is 12.2. The van der Waals surface area contributed by atoms with E-state index in [1.807, 2.05) is 30.5 Å². The highest BCUT2D eigenvalue weighted by molar-refractivity contribution is 5.97. The smallest absolute Gasteiger partial charge is 0.251 e. The molecule has 112 valence electrons. The van der Waals surface area contributed by atoms with Gasteiger partial charge < -0.3 is 10.3 Å². The number of amides is 1. The molecule has 0 radical (unpaired) electrons. The summed E-state index contributed by atoms with van der Waals surface area (Å²) in [5, 5.41) is 4.25. The molecule has 3 rings (SSSR count). The van der Waals surface area contributed by atoms with Crippen LogP contribution < -0.4 is 5.32 Å². The number of carbonyl (C=O) groups is 1. The Morgan fingerprint density at radius 1 is 1.19 bits per heavy atom. The van der Waals surface area contributed by atoms with Crippen molar-refractivity contribution in [2.24, 2.45) is 11.8 Å². The largest absolute Gasteiger partial charge is 0.361 e. The minimum absolute atomic E-state index is 0.0455. The van der Waals surface area contributed by atoms with Crippen LogP contribution in [0.5, 0.6) is 0 Å². The first-order valence-corrected chi connectivity index (χ1v) is 8.11. The van der Waals surface area contributed by atoms with Crippen LogP contribution in [0.3, 0.4) is 0 Å². The van der Waals surface area contributed by atoms with Crippen molar-refractivity contribution in [1.29, 1.82) is 0 Å². The third-order valence-electron chi connectivity index (χ3n) is 4.91. The number of aromatic amines is 1. The second-order valence-corrected chi connectivity index (χ2v) is 6.28. The minimum atomic E-state index is 0.0455. The summed E-state index contributed by atoms with van der Waals surface area (Å²) in [5.41, 5.74) is 1.76. The molecule has 0 spiro atoms. The molecule has 1 heterocycles. The van der Waals surface area contributed by atoms with Crippen LogP contribution in [-0.4, -0.2) is 17.4 Å². The van der Waals surface area contributed by atoms with Crippen LogP contribution in [0, 0.1) is 11.8 Å². The van der Waals surface area contributed by atoms with Crippen LogP contribution in [0.2, 0.25) is 0 Å². The van der Waals surface area contributed by atoms with Gasteiger partial charge in [-0.15, -0.1) is 0 Å². The van der Waals surface area contributed by atoms with Crippen molar-refractivity contribution in [2.75, 3.05) is 6.54 Å². The van der Waals surface area contributed by atoms with Gasteiger partial charge in [0.05, 0.1) is 0 Å². The molecular weight excluding hydrogens is 260 g/mol. The maximum Gasteiger partial charge on any atom is 0.251 e. The molecule has 1 aromatic carbocycles. The van der Waals surface area contributed by atoms with Crippen molar-refractivity contribution in [1.82, 2.24) is 10.3 Å². The summed E-state index contributed by atoms with van der Waals surface area (Å²) in [6.45, 7) is 3.10. The van der Waals surface area contributed by atoms with E-state index in [9.17, 15) is 4.79 Å². The molecule has 3 nitrogen and oxygen atoms in total.